The van der Waals surface area contributed by atoms with Crippen LogP contribution in [-0.4, -0.2) is 74.4 Å². The molecule has 4 rings (SSSR count). The number of imidazole rings is 1. The first kappa shape index (κ1) is 17.7. The van der Waals surface area contributed by atoms with E-state index in [1.165, 1.54) is 0 Å². The molecule has 1 saturated heterocycles. The minimum Gasteiger partial charge on any atom is -0.338 e. The molecule has 1 N–H and O–H groups in total. The topological polar surface area (TPSA) is 82.9 Å². The van der Waals surface area contributed by atoms with E-state index in [9.17, 15) is 4.79 Å². The van der Waals surface area contributed by atoms with Crippen molar-refractivity contribution in [3.05, 3.63) is 42.0 Å². The van der Waals surface area contributed by atoms with Gasteiger partial charge in [-0.15, -0.1) is 0 Å². The molecule has 2 aromatic heterocycles. The zero-order valence-corrected chi connectivity index (χ0v) is 15.8. The Morgan fingerprint density at radius 1 is 1.30 bits per heavy atom. The molecule has 8 heteroatoms. The van der Waals surface area contributed by atoms with Crippen LogP contribution in [0.3, 0.4) is 0 Å². The number of aromatic nitrogens is 5. The van der Waals surface area contributed by atoms with Crippen LogP contribution in [0.1, 0.15) is 34.9 Å². The van der Waals surface area contributed by atoms with Gasteiger partial charge in [-0.1, -0.05) is 0 Å². The number of hydrogen-bond acceptors (Lipinski definition) is 5. The molecule has 1 unspecified atom stereocenters. The van der Waals surface area contributed by atoms with Crippen molar-refractivity contribution >= 4 is 16.9 Å². The highest BCUT2D eigenvalue weighted by Crippen LogP contribution is 2.27. The number of nitrogens with zero attached hydrogens (tertiary/aromatic N) is 6. The van der Waals surface area contributed by atoms with E-state index in [2.05, 4.69) is 44.0 Å². The van der Waals surface area contributed by atoms with E-state index in [0.29, 0.717) is 17.6 Å². The fraction of sp³-hybridized carbons (Fsp3) is 0.474. The van der Waals surface area contributed by atoms with Gasteiger partial charge in [0, 0.05) is 50.1 Å². The van der Waals surface area contributed by atoms with Crippen LogP contribution in [-0.2, 0) is 6.54 Å². The Morgan fingerprint density at radius 2 is 2.15 bits per heavy atom. The molecule has 1 amide bonds. The van der Waals surface area contributed by atoms with E-state index in [-0.39, 0.29) is 11.8 Å². The molecule has 1 fully saturated rings. The molecular weight excluding hydrogens is 342 g/mol. The highest BCUT2D eigenvalue weighted by Gasteiger charge is 2.28. The second kappa shape index (κ2) is 7.48. The third-order valence-corrected chi connectivity index (χ3v) is 5.17. The van der Waals surface area contributed by atoms with Gasteiger partial charge >= 0.3 is 0 Å². The van der Waals surface area contributed by atoms with Crippen molar-refractivity contribution in [1.82, 2.24) is 34.8 Å². The molecule has 0 spiro atoms. The second-order valence-electron chi connectivity index (χ2n) is 7.40. The smallest absolute Gasteiger partial charge is 0.253 e. The van der Waals surface area contributed by atoms with Crippen LogP contribution in [0.25, 0.3) is 11.0 Å². The molecule has 142 valence electrons. The summed E-state index contributed by atoms with van der Waals surface area (Å²) in [6, 6.07) is 5.47. The fourth-order valence-electron chi connectivity index (χ4n) is 3.71. The van der Waals surface area contributed by atoms with Crippen molar-refractivity contribution in [2.24, 2.45) is 0 Å². The summed E-state index contributed by atoms with van der Waals surface area (Å²) in [7, 11) is 4.15. The summed E-state index contributed by atoms with van der Waals surface area (Å²) in [5.74, 6) is 1.41. The van der Waals surface area contributed by atoms with E-state index in [1.54, 1.807) is 0 Å². The van der Waals surface area contributed by atoms with Crippen molar-refractivity contribution in [2.75, 3.05) is 33.7 Å². The first-order valence-corrected chi connectivity index (χ1v) is 9.37. The minimum atomic E-state index is 0.0518. The number of likely N-dealkylation sites (N-methyl/N-ethyl adjacent to an activating group) is 1. The lowest BCUT2D eigenvalue weighted by molar-refractivity contribution is 0.0703. The van der Waals surface area contributed by atoms with Crippen LogP contribution in [0.5, 0.6) is 0 Å². The predicted molar refractivity (Wildman–Crippen MR) is 103 cm³/mol. The molecule has 0 radical (unpaired) electrons. The van der Waals surface area contributed by atoms with Crippen molar-refractivity contribution in [3.8, 4) is 0 Å². The molecule has 1 atom stereocenters. The minimum absolute atomic E-state index is 0.0518. The third-order valence-electron chi connectivity index (χ3n) is 5.17. The lowest BCUT2D eigenvalue weighted by atomic mass is 9.96. The normalized spacial score (nSPS) is 17.7. The number of nitrogens with one attached hydrogen (secondary N) is 1. The van der Waals surface area contributed by atoms with Crippen LogP contribution in [0, 0.1) is 0 Å². The standard InChI is InChI=1S/C19H25N7O/c1-24(2)10-11-25-9-7-20-18(25)15-4-3-8-26(13-15)19(27)14-5-6-16-17(12-14)22-23-21-16/h5-7,9,12,15H,3-4,8,10-11,13H2,1-2H3,(H,21,22,23). The third kappa shape index (κ3) is 3.71. The van der Waals surface area contributed by atoms with Crippen LogP contribution >= 0.6 is 0 Å². The Balaban J connectivity index is 1.49. The van der Waals surface area contributed by atoms with Gasteiger partial charge < -0.3 is 14.4 Å². The Kier molecular flexibility index (Phi) is 4.89. The molecule has 3 aromatic rings. The lowest BCUT2D eigenvalue weighted by Gasteiger charge is -2.33. The molecule has 3 heterocycles. The number of benzene rings is 1. The van der Waals surface area contributed by atoms with Gasteiger partial charge in [0.25, 0.3) is 5.91 Å². The first-order valence-electron chi connectivity index (χ1n) is 9.37. The monoisotopic (exact) mass is 367 g/mol. The Hall–Kier alpha value is -2.74. The molecule has 0 bridgehead atoms. The Morgan fingerprint density at radius 3 is 3.00 bits per heavy atom. The van der Waals surface area contributed by atoms with Gasteiger partial charge in [-0.2, -0.15) is 15.4 Å². The number of piperidine rings is 1. The summed E-state index contributed by atoms with van der Waals surface area (Å²) in [5, 5.41) is 10.7. The Bertz CT molecular complexity index is 929. The molecule has 1 aliphatic heterocycles. The quantitative estimate of drug-likeness (QED) is 0.743. The predicted octanol–water partition coefficient (Wildman–Crippen LogP) is 1.74. The van der Waals surface area contributed by atoms with Crippen LogP contribution in [0.2, 0.25) is 0 Å². The summed E-state index contributed by atoms with van der Waals surface area (Å²) in [4.78, 5) is 21.7. The summed E-state index contributed by atoms with van der Waals surface area (Å²) in [6.45, 7) is 3.37. The average molecular weight is 367 g/mol. The van der Waals surface area contributed by atoms with Crippen molar-refractivity contribution in [3.63, 3.8) is 0 Å². The number of hydrogen-bond donors (Lipinski definition) is 1. The van der Waals surface area contributed by atoms with Gasteiger partial charge in [0.15, 0.2) is 0 Å². The number of carbonyl (C=O) groups excluding carboxylic acids is 1. The second-order valence-corrected chi connectivity index (χ2v) is 7.40. The number of fused-ring (bicyclic) bond motifs is 1. The van der Waals surface area contributed by atoms with E-state index in [0.717, 1.165) is 43.8 Å². The van der Waals surface area contributed by atoms with Gasteiger partial charge in [-0.3, -0.25) is 4.79 Å². The maximum atomic E-state index is 13.0. The zero-order chi connectivity index (χ0) is 18.8. The van der Waals surface area contributed by atoms with Gasteiger partial charge in [0.05, 0.1) is 0 Å². The molecule has 27 heavy (non-hydrogen) atoms. The van der Waals surface area contributed by atoms with Crippen LogP contribution in [0.15, 0.2) is 30.6 Å². The highest BCUT2D eigenvalue weighted by molar-refractivity contribution is 5.97. The molecule has 0 aliphatic carbocycles. The number of carbonyl (C=O) groups is 1. The van der Waals surface area contributed by atoms with Crippen LogP contribution < -0.4 is 0 Å². The van der Waals surface area contributed by atoms with Crippen molar-refractivity contribution < 1.29 is 4.79 Å². The largest absolute Gasteiger partial charge is 0.338 e. The summed E-state index contributed by atoms with van der Waals surface area (Å²) in [6.07, 6.45) is 5.95. The molecule has 0 saturated carbocycles. The van der Waals surface area contributed by atoms with Gasteiger partial charge in [0.1, 0.15) is 16.9 Å². The summed E-state index contributed by atoms with van der Waals surface area (Å²) >= 11 is 0. The van der Waals surface area contributed by atoms with Crippen molar-refractivity contribution in [2.45, 2.75) is 25.3 Å². The maximum absolute atomic E-state index is 13.0. The number of H-pyrrole nitrogens is 1. The number of rotatable bonds is 5. The van der Waals surface area contributed by atoms with E-state index in [4.69, 9.17) is 0 Å². The van der Waals surface area contributed by atoms with E-state index < -0.39 is 0 Å². The van der Waals surface area contributed by atoms with Crippen LogP contribution in [0.4, 0.5) is 0 Å². The average Bonchev–Trinajstić information content (AvgIpc) is 3.34. The highest BCUT2D eigenvalue weighted by atomic mass is 16.2. The lowest BCUT2D eigenvalue weighted by Crippen LogP contribution is -2.39. The molecule has 1 aromatic carbocycles. The molecular formula is C19H25N7O. The van der Waals surface area contributed by atoms with Gasteiger partial charge in [-0.05, 0) is 45.1 Å². The van der Waals surface area contributed by atoms with E-state index >= 15 is 0 Å². The molecule has 1 aliphatic rings. The van der Waals surface area contributed by atoms with E-state index in [1.807, 2.05) is 35.5 Å². The maximum Gasteiger partial charge on any atom is 0.253 e. The number of likely N-dealkylation sites (tertiary alicyclic amines) is 1. The summed E-state index contributed by atoms with van der Waals surface area (Å²) in [5.41, 5.74) is 2.15. The fourth-order valence-corrected chi connectivity index (χ4v) is 3.71. The van der Waals surface area contributed by atoms with Gasteiger partial charge in [0.2, 0.25) is 0 Å². The number of amides is 1. The molecule has 8 nitrogen and oxygen atoms in total. The summed E-state index contributed by atoms with van der Waals surface area (Å²) < 4.78 is 2.22. The number of aromatic amines is 1. The zero-order valence-electron chi connectivity index (χ0n) is 15.8. The Labute approximate surface area is 158 Å². The first-order chi connectivity index (χ1) is 13.1. The van der Waals surface area contributed by atoms with Gasteiger partial charge in [-0.25, -0.2) is 4.98 Å². The van der Waals surface area contributed by atoms with Crippen molar-refractivity contribution in [1.29, 1.82) is 0 Å². The SMILES string of the molecule is CN(C)CCn1ccnc1C1CCCN(C(=O)c2ccc3n[nH]nc3c2)C1.